The second kappa shape index (κ2) is 5.69. The van der Waals surface area contributed by atoms with Gasteiger partial charge in [-0.15, -0.1) is 11.8 Å². The molecule has 3 unspecified atom stereocenters. The van der Waals surface area contributed by atoms with Gasteiger partial charge in [-0.25, -0.2) is 0 Å². The predicted octanol–water partition coefficient (Wildman–Crippen LogP) is 2.95. The third kappa shape index (κ3) is 2.77. The number of hydrogen-bond donors (Lipinski definition) is 1. The number of aromatic nitrogens is 1. The molecule has 88 valence electrons. The van der Waals surface area contributed by atoms with Crippen LogP contribution in [0.3, 0.4) is 0 Å². The molecule has 16 heavy (non-hydrogen) atoms. The average Bonchev–Trinajstić information content (AvgIpc) is 2.64. The summed E-state index contributed by atoms with van der Waals surface area (Å²) in [6.07, 6.45) is 6.40. The highest BCUT2D eigenvalue weighted by Crippen LogP contribution is 2.38. The van der Waals surface area contributed by atoms with Gasteiger partial charge in [0.2, 0.25) is 0 Å². The van der Waals surface area contributed by atoms with Crippen LogP contribution in [0.1, 0.15) is 26.7 Å². The Morgan fingerprint density at radius 3 is 2.81 bits per heavy atom. The van der Waals surface area contributed by atoms with Gasteiger partial charge in [0.15, 0.2) is 0 Å². The molecule has 0 radical (unpaired) electrons. The minimum atomic E-state index is 0.712. The molecule has 0 bridgehead atoms. The topological polar surface area (TPSA) is 24.9 Å². The Labute approximate surface area is 102 Å². The largest absolute Gasteiger partial charge is 0.314 e. The van der Waals surface area contributed by atoms with Crippen molar-refractivity contribution in [2.45, 2.75) is 42.9 Å². The van der Waals surface area contributed by atoms with Crippen molar-refractivity contribution in [1.29, 1.82) is 0 Å². The van der Waals surface area contributed by atoms with E-state index in [9.17, 15) is 0 Å². The van der Waals surface area contributed by atoms with Gasteiger partial charge in [0.25, 0.3) is 0 Å². The summed E-state index contributed by atoms with van der Waals surface area (Å²) in [4.78, 5) is 5.41. The molecule has 1 aliphatic carbocycles. The van der Waals surface area contributed by atoms with Gasteiger partial charge in [-0.2, -0.15) is 0 Å². The lowest BCUT2D eigenvalue weighted by atomic mass is 10.1. The van der Waals surface area contributed by atoms with Crippen LogP contribution in [0.25, 0.3) is 0 Å². The minimum absolute atomic E-state index is 0.712. The number of pyridine rings is 1. The highest BCUT2D eigenvalue weighted by atomic mass is 32.2. The van der Waals surface area contributed by atoms with Gasteiger partial charge in [0, 0.05) is 28.6 Å². The lowest BCUT2D eigenvalue weighted by Crippen LogP contribution is -2.32. The Hall–Kier alpha value is -0.540. The number of nitrogens with zero attached hydrogens (tertiary/aromatic N) is 1. The smallest absolute Gasteiger partial charge is 0.0278 e. The molecule has 2 nitrogen and oxygen atoms in total. The van der Waals surface area contributed by atoms with Gasteiger partial charge in [0.1, 0.15) is 0 Å². The van der Waals surface area contributed by atoms with Gasteiger partial charge >= 0.3 is 0 Å². The van der Waals surface area contributed by atoms with Gasteiger partial charge in [-0.1, -0.05) is 13.8 Å². The molecule has 1 aromatic rings. The van der Waals surface area contributed by atoms with E-state index in [1.54, 1.807) is 0 Å². The molecular weight excluding hydrogens is 216 g/mol. The van der Waals surface area contributed by atoms with Crippen LogP contribution in [0.4, 0.5) is 0 Å². The van der Waals surface area contributed by atoms with Gasteiger partial charge in [-0.05, 0) is 37.4 Å². The third-order valence-electron chi connectivity index (χ3n) is 3.39. The second-order valence-electron chi connectivity index (χ2n) is 4.44. The van der Waals surface area contributed by atoms with E-state index in [2.05, 4.69) is 36.3 Å². The zero-order chi connectivity index (χ0) is 11.4. The quantitative estimate of drug-likeness (QED) is 0.870. The molecule has 3 atom stereocenters. The first-order valence-corrected chi connectivity index (χ1v) is 6.99. The first kappa shape index (κ1) is 11.9. The maximum absolute atomic E-state index is 4.06. The van der Waals surface area contributed by atoms with E-state index in [1.165, 1.54) is 17.7 Å². The normalized spacial score (nSPS) is 29.5. The molecule has 1 heterocycles. The van der Waals surface area contributed by atoms with Crippen LogP contribution >= 0.6 is 11.8 Å². The lowest BCUT2D eigenvalue weighted by molar-refractivity contribution is 0.441. The van der Waals surface area contributed by atoms with Crippen LogP contribution in [0.15, 0.2) is 29.4 Å². The second-order valence-corrected chi connectivity index (χ2v) is 5.75. The van der Waals surface area contributed by atoms with Crippen molar-refractivity contribution in [2.24, 2.45) is 5.92 Å². The van der Waals surface area contributed by atoms with Crippen molar-refractivity contribution in [2.75, 3.05) is 6.54 Å². The standard InChI is InChI=1S/C13H20N2S/c1-3-15-12-4-5-13(10(12)2)16-11-6-8-14-9-7-11/h6-10,12-13,15H,3-5H2,1-2H3. The summed E-state index contributed by atoms with van der Waals surface area (Å²) in [5.41, 5.74) is 0. The summed E-state index contributed by atoms with van der Waals surface area (Å²) in [5.74, 6) is 0.762. The van der Waals surface area contributed by atoms with Gasteiger partial charge in [-0.3, -0.25) is 4.98 Å². The number of hydrogen-bond acceptors (Lipinski definition) is 3. The van der Waals surface area contributed by atoms with Crippen molar-refractivity contribution in [3.8, 4) is 0 Å². The maximum Gasteiger partial charge on any atom is 0.0278 e. The van der Waals surface area contributed by atoms with Gasteiger partial charge < -0.3 is 5.32 Å². The fourth-order valence-corrected chi connectivity index (χ4v) is 3.72. The van der Waals surface area contributed by atoms with Crippen molar-refractivity contribution >= 4 is 11.8 Å². The molecule has 0 aliphatic heterocycles. The molecular formula is C13H20N2S. The first-order valence-electron chi connectivity index (χ1n) is 6.11. The molecule has 1 fully saturated rings. The van der Waals surface area contributed by atoms with Crippen LogP contribution in [-0.4, -0.2) is 22.8 Å². The summed E-state index contributed by atoms with van der Waals surface area (Å²) in [6.45, 7) is 5.65. The first-order chi connectivity index (χ1) is 7.81. The highest BCUT2D eigenvalue weighted by molar-refractivity contribution is 8.00. The Morgan fingerprint density at radius 1 is 1.38 bits per heavy atom. The molecule has 1 aromatic heterocycles. The number of nitrogens with one attached hydrogen (secondary N) is 1. The molecule has 3 heteroatoms. The number of rotatable bonds is 4. The van der Waals surface area contributed by atoms with Crippen LogP contribution < -0.4 is 5.32 Å². The summed E-state index contributed by atoms with van der Waals surface area (Å²) in [7, 11) is 0. The monoisotopic (exact) mass is 236 g/mol. The fraction of sp³-hybridized carbons (Fsp3) is 0.615. The van der Waals surface area contributed by atoms with Crippen molar-refractivity contribution in [3.05, 3.63) is 24.5 Å². The Bertz CT molecular complexity index is 315. The number of thioether (sulfide) groups is 1. The van der Waals surface area contributed by atoms with Crippen molar-refractivity contribution in [1.82, 2.24) is 10.3 Å². The Kier molecular flexibility index (Phi) is 4.24. The van der Waals surface area contributed by atoms with Crippen molar-refractivity contribution < 1.29 is 0 Å². The van der Waals surface area contributed by atoms with Crippen LogP contribution in [0.5, 0.6) is 0 Å². The molecule has 1 saturated carbocycles. The molecule has 1 aliphatic rings. The van der Waals surface area contributed by atoms with E-state index in [4.69, 9.17) is 0 Å². The van der Waals surface area contributed by atoms with E-state index in [1.807, 2.05) is 24.2 Å². The zero-order valence-corrected chi connectivity index (χ0v) is 10.8. The van der Waals surface area contributed by atoms with E-state index in [0.717, 1.165) is 17.7 Å². The SMILES string of the molecule is CCNC1CCC(Sc2ccncc2)C1C. The molecule has 1 N–H and O–H groups in total. The maximum atomic E-state index is 4.06. The van der Waals surface area contributed by atoms with E-state index in [0.29, 0.717) is 6.04 Å². The lowest BCUT2D eigenvalue weighted by Gasteiger charge is -2.20. The average molecular weight is 236 g/mol. The molecule has 0 spiro atoms. The van der Waals surface area contributed by atoms with E-state index < -0.39 is 0 Å². The van der Waals surface area contributed by atoms with E-state index in [-0.39, 0.29) is 0 Å². The van der Waals surface area contributed by atoms with Crippen molar-refractivity contribution in [3.63, 3.8) is 0 Å². The minimum Gasteiger partial charge on any atom is -0.314 e. The van der Waals surface area contributed by atoms with Crippen LogP contribution in [-0.2, 0) is 0 Å². The molecule has 0 amide bonds. The fourth-order valence-electron chi connectivity index (χ4n) is 2.44. The third-order valence-corrected chi connectivity index (χ3v) is 4.90. The zero-order valence-electron chi connectivity index (χ0n) is 10.0. The van der Waals surface area contributed by atoms with Crippen LogP contribution in [0.2, 0.25) is 0 Å². The molecule has 0 aromatic carbocycles. The summed E-state index contributed by atoms with van der Waals surface area (Å²) in [6, 6.07) is 4.93. The summed E-state index contributed by atoms with van der Waals surface area (Å²) >= 11 is 2.01. The molecule has 2 rings (SSSR count). The Morgan fingerprint density at radius 2 is 2.12 bits per heavy atom. The molecule has 0 saturated heterocycles. The summed E-state index contributed by atoms with van der Waals surface area (Å²) < 4.78 is 0. The van der Waals surface area contributed by atoms with E-state index >= 15 is 0 Å². The van der Waals surface area contributed by atoms with Gasteiger partial charge in [0.05, 0.1) is 0 Å². The highest BCUT2D eigenvalue weighted by Gasteiger charge is 2.32. The predicted molar refractivity (Wildman–Crippen MR) is 69.7 cm³/mol. The van der Waals surface area contributed by atoms with Crippen LogP contribution in [0, 0.1) is 5.92 Å². The summed E-state index contributed by atoms with van der Waals surface area (Å²) in [5, 5.41) is 4.34. The Balaban J connectivity index is 1.92.